The Morgan fingerprint density at radius 1 is 1.07 bits per heavy atom. The fraction of sp³-hybridized carbons (Fsp3) is 0.435. The Labute approximate surface area is 174 Å². The van der Waals surface area contributed by atoms with Gasteiger partial charge < -0.3 is 9.64 Å². The van der Waals surface area contributed by atoms with E-state index in [1.807, 2.05) is 24.3 Å². The number of amides is 1. The van der Waals surface area contributed by atoms with Gasteiger partial charge in [-0.25, -0.2) is 18.0 Å². The minimum Gasteiger partial charge on any atom is -0.449 e. The molecule has 0 saturated carbocycles. The second-order valence-electron chi connectivity index (χ2n) is 8.17. The molecule has 1 unspecified atom stereocenters. The van der Waals surface area contributed by atoms with E-state index >= 15 is 0 Å². The number of fused-ring (bicyclic) bond motifs is 1. The lowest BCUT2D eigenvalue weighted by molar-refractivity contribution is 0.0637. The van der Waals surface area contributed by atoms with Gasteiger partial charge in [0.05, 0.1) is 12.6 Å². The van der Waals surface area contributed by atoms with E-state index in [1.54, 1.807) is 0 Å². The van der Waals surface area contributed by atoms with Gasteiger partial charge in [-0.2, -0.15) is 0 Å². The minimum atomic E-state index is -1.51. The lowest BCUT2D eigenvalue weighted by Crippen LogP contribution is -2.42. The summed E-state index contributed by atoms with van der Waals surface area (Å²) < 4.78 is 47.1. The van der Waals surface area contributed by atoms with Gasteiger partial charge in [-0.05, 0) is 74.1 Å². The number of carbonyl (C=O) groups excluding carboxylic acids is 1. The number of likely N-dealkylation sites (tertiary alicyclic amines) is 1. The quantitative estimate of drug-likeness (QED) is 0.687. The number of nitrogens with zero attached hydrogens (tertiary/aromatic N) is 2. The molecular weight excluding hydrogens is 393 g/mol. The molecule has 2 aliphatic rings. The maximum absolute atomic E-state index is 14.0. The van der Waals surface area contributed by atoms with Crippen LogP contribution in [0.4, 0.5) is 18.0 Å². The Morgan fingerprint density at radius 2 is 1.73 bits per heavy atom. The van der Waals surface area contributed by atoms with Crippen LogP contribution < -0.4 is 0 Å². The molecule has 0 aromatic heterocycles. The van der Waals surface area contributed by atoms with Gasteiger partial charge in [0.1, 0.15) is 0 Å². The van der Waals surface area contributed by atoms with Crippen molar-refractivity contribution < 1.29 is 22.7 Å². The molecule has 1 amide bonds. The molecule has 160 valence electrons. The molecule has 0 N–H and O–H groups in total. The number of ether oxygens (including phenoxy) is 1. The Morgan fingerprint density at radius 3 is 2.43 bits per heavy atom. The zero-order valence-corrected chi connectivity index (χ0v) is 16.9. The normalized spacial score (nSPS) is 20.1. The molecule has 4 nitrogen and oxygen atoms in total. The third kappa shape index (κ3) is 4.17. The maximum Gasteiger partial charge on any atom is 0.410 e. The third-order valence-corrected chi connectivity index (χ3v) is 6.12. The van der Waals surface area contributed by atoms with Crippen LogP contribution in [0.5, 0.6) is 0 Å². The first-order valence-corrected chi connectivity index (χ1v) is 10.3. The molecule has 2 aromatic rings. The van der Waals surface area contributed by atoms with Crippen LogP contribution in [0.1, 0.15) is 35.6 Å². The minimum absolute atomic E-state index is 0.190. The van der Waals surface area contributed by atoms with E-state index in [9.17, 15) is 18.0 Å². The second kappa shape index (κ2) is 8.68. The van der Waals surface area contributed by atoms with Crippen molar-refractivity contribution in [1.82, 2.24) is 9.80 Å². The van der Waals surface area contributed by atoms with Gasteiger partial charge in [-0.3, -0.25) is 4.90 Å². The molecule has 0 bridgehead atoms. The molecule has 2 aliphatic heterocycles. The van der Waals surface area contributed by atoms with E-state index in [4.69, 9.17) is 4.74 Å². The fourth-order valence-electron chi connectivity index (χ4n) is 4.36. The molecule has 0 aliphatic carbocycles. The second-order valence-corrected chi connectivity index (χ2v) is 8.17. The predicted molar refractivity (Wildman–Crippen MR) is 107 cm³/mol. The molecule has 0 spiro atoms. The number of rotatable bonds is 3. The number of halogens is 3. The summed E-state index contributed by atoms with van der Waals surface area (Å²) in [6, 6.07) is 8.65. The Balaban J connectivity index is 1.59. The summed E-state index contributed by atoms with van der Waals surface area (Å²) in [5, 5.41) is 0. The predicted octanol–water partition coefficient (Wildman–Crippen LogP) is 4.53. The number of benzene rings is 2. The topological polar surface area (TPSA) is 32.8 Å². The first kappa shape index (κ1) is 20.7. The number of piperidine rings is 1. The number of hydrogen-bond acceptors (Lipinski definition) is 3. The SMILES string of the molecule is CN1CCC(COC(=O)N2CCc3ccccc3C2c2cc(F)c(F)c(F)c2)CC1. The molecule has 0 radical (unpaired) electrons. The zero-order chi connectivity index (χ0) is 21.3. The van der Waals surface area contributed by atoms with Crippen LogP contribution in [0.3, 0.4) is 0 Å². The summed E-state index contributed by atoms with van der Waals surface area (Å²) in [4.78, 5) is 16.7. The monoisotopic (exact) mass is 418 g/mol. The van der Waals surface area contributed by atoms with E-state index < -0.39 is 29.6 Å². The summed E-state index contributed by atoms with van der Waals surface area (Å²) in [6.07, 6.45) is 2.02. The van der Waals surface area contributed by atoms with Crippen LogP contribution in [0.15, 0.2) is 36.4 Å². The standard InChI is InChI=1S/C23H25F3N2O2/c1-27-9-6-15(7-10-27)14-30-23(29)28-11-8-16-4-2-3-5-18(16)22(28)17-12-19(24)21(26)20(25)13-17/h2-5,12-13,15,22H,6-11,14H2,1H3. The number of carbonyl (C=O) groups is 1. The Hall–Kier alpha value is -2.54. The molecule has 4 rings (SSSR count). The highest BCUT2D eigenvalue weighted by atomic mass is 19.2. The summed E-state index contributed by atoms with van der Waals surface area (Å²) in [5.41, 5.74) is 1.95. The van der Waals surface area contributed by atoms with Crippen LogP contribution in [0.2, 0.25) is 0 Å². The van der Waals surface area contributed by atoms with E-state index in [0.29, 0.717) is 25.5 Å². The summed E-state index contributed by atoms with van der Waals surface area (Å²) >= 11 is 0. The Kier molecular flexibility index (Phi) is 5.99. The van der Waals surface area contributed by atoms with Gasteiger partial charge in [0.2, 0.25) is 0 Å². The highest BCUT2D eigenvalue weighted by Crippen LogP contribution is 2.36. The van der Waals surface area contributed by atoms with E-state index in [-0.39, 0.29) is 5.56 Å². The zero-order valence-electron chi connectivity index (χ0n) is 16.9. The first-order chi connectivity index (χ1) is 14.4. The number of hydrogen-bond donors (Lipinski definition) is 0. The van der Waals surface area contributed by atoms with Gasteiger partial charge in [0, 0.05) is 6.54 Å². The largest absolute Gasteiger partial charge is 0.449 e. The van der Waals surface area contributed by atoms with Crippen molar-refractivity contribution in [2.24, 2.45) is 5.92 Å². The molecule has 2 heterocycles. The summed E-state index contributed by atoms with van der Waals surface area (Å²) in [7, 11) is 2.07. The third-order valence-electron chi connectivity index (χ3n) is 6.12. The van der Waals surface area contributed by atoms with Gasteiger partial charge in [0.15, 0.2) is 17.5 Å². The highest BCUT2D eigenvalue weighted by molar-refractivity contribution is 5.70. The van der Waals surface area contributed by atoms with Crippen molar-refractivity contribution in [2.75, 3.05) is 33.3 Å². The highest BCUT2D eigenvalue weighted by Gasteiger charge is 2.34. The molecule has 1 saturated heterocycles. The van der Waals surface area contributed by atoms with Crippen molar-refractivity contribution in [3.05, 3.63) is 70.5 Å². The fourth-order valence-corrected chi connectivity index (χ4v) is 4.36. The molecule has 1 atom stereocenters. The molecule has 7 heteroatoms. The van der Waals surface area contributed by atoms with Crippen molar-refractivity contribution in [2.45, 2.75) is 25.3 Å². The molecule has 30 heavy (non-hydrogen) atoms. The van der Waals surface area contributed by atoms with Crippen molar-refractivity contribution in [1.29, 1.82) is 0 Å². The van der Waals surface area contributed by atoms with Gasteiger partial charge in [0.25, 0.3) is 0 Å². The molecule has 1 fully saturated rings. The van der Waals surface area contributed by atoms with Crippen molar-refractivity contribution >= 4 is 6.09 Å². The lowest BCUT2D eigenvalue weighted by Gasteiger charge is -2.37. The molecular formula is C23H25F3N2O2. The Bertz CT molecular complexity index is 905. The van der Waals surface area contributed by atoms with E-state index in [0.717, 1.165) is 49.2 Å². The van der Waals surface area contributed by atoms with Crippen LogP contribution in [-0.2, 0) is 11.2 Å². The summed E-state index contributed by atoms with van der Waals surface area (Å²) in [5.74, 6) is -3.75. The van der Waals surface area contributed by atoms with Gasteiger partial charge in [-0.15, -0.1) is 0 Å². The van der Waals surface area contributed by atoms with Crippen molar-refractivity contribution in [3.8, 4) is 0 Å². The van der Waals surface area contributed by atoms with Gasteiger partial charge >= 0.3 is 6.09 Å². The van der Waals surface area contributed by atoms with E-state index in [2.05, 4.69) is 11.9 Å². The lowest BCUT2D eigenvalue weighted by atomic mass is 9.88. The van der Waals surface area contributed by atoms with Crippen LogP contribution >= 0.6 is 0 Å². The average molecular weight is 418 g/mol. The maximum atomic E-state index is 14.0. The molecule has 2 aromatic carbocycles. The summed E-state index contributed by atoms with van der Waals surface area (Å²) in [6.45, 7) is 2.62. The van der Waals surface area contributed by atoms with E-state index in [1.165, 1.54) is 4.90 Å². The van der Waals surface area contributed by atoms with Gasteiger partial charge in [-0.1, -0.05) is 24.3 Å². The smallest absolute Gasteiger partial charge is 0.410 e. The van der Waals surface area contributed by atoms with Crippen LogP contribution in [0.25, 0.3) is 0 Å². The van der Waals surface area contributed by atoms with Crippen LogP contribution in [0, 0.1) is 23.4 Å². The average Bonchev–Trinajstić information content (AvgIpc) is 2.75. The van der Waals surface area contributed by atoms with Crippen LogP contribution in [-0.4, -0.2) is 49.2 Å². The first-order valence-electron chi connectivity index (χ1n) is 10.3. The van der Waals surface area contributed by atoms with Crippen molar-refractivity contribution in [3.63, 3.8) is 0 Å².